The van der Waals surface area contributed by atoms with E-state index in [4.69, 9.17) is 0 Å². The van der Waals surface area contributed by atoms with E-state index in [0.717, 1.165) is 13.1 Å². The molecule has 1 saturated carbocycles. The Balaban J connectivity index is 0.000000405. The first kappa shape index (κ1) is 7.32. The second-order valence-electron chi connectivity index (χ2n) is 2.98. The van der Waals surface area contributed by atoms with Crippen molar-refractivity contribution in [1.82, 2.24) is 5.32 Å². The molecule has 1 aliphatic carbocycles. The van der Waals surface area contributed by atoms with Gasteiger partial charge in [-0.15, -0.1) is 12.4 Å². The molecule has 2 aliphatic rings. The van der Waals surface area contributed by atoms with E-state index in [-0.39, 0.29) is 18.0 Å². The Morgan fingerprint density at radius 1 is 1.33 bits per heavy atom. The first-order valence-corrected chi connectivity index (χ1v) is 3.24. The summed E-state index contributed by atoms with van der Waals surface area (Å²) in [5.41, 5.74) is -0.278. The second kappa shape index (κ2) is 2.11. The molecule has 0 aromatic heterocycles. The number of halogens is 1. The molecule has 1 heterocycles. The van der Waals surface area contributed by atoms with Crippen LogP contribution >= 0.6 is 12.4 Å². The summed E-state index contributed by atoms with van der Waals surface area (Å²) in [5, 5.41) is 12.6. The minimum atomic E-state index is -0.278. The van der Waals surface area contributed by atoms with Crippen LogP contribution in [0.5, 0.6) is 0 Å². The van der Waals surface area contributed by atoms with E-state index in [1.165, 1.54) is 12.8 Å². The van der Waals surface area contributed by atoms with Gasteiger partial charge in [0.25, 0.3) is 0 Å². The molecule has 3 heteroatoms. The van der Waals surface area contributed by atoms with E-state index >= 15 is 0 Å². The molecule has 2 N–H and O–H groups in total. The highest BCUT2D eigenvalue weighted by Gasteiger charge is 2.47. The zero-order chi connectivity index (χ0) is 5.61. The van der Waals surface area contributed by atoms with Crippen LogP contribution in [0.2, 0.25) is 0 Å². The van der Waals surface area contributed by atoms with Gasteiger partial charge in [0.1, 0.15) is 0 Å². The third-order valence-corrected chi connectivity index (χ3v) is 2.20. The molecule has 1 aliphatic heterocycles. The van der Waals surface area contributed by atoms with Crippen molar-refractivity contribution in [2.75, 3.05) is 13.1 Å². The summed E-state index contributed by atoms with van der Waals surface area (Å²) in [6.07, 6.45) is 2.50. The lowest BCUT2D eigenvalue weighted by Crippen LogP contribution is -2.60. The first-order chi connectivity index (χ1) is 3.81. The molecule has 0 spiro atoms. The topological polar surface area (TPSA) is 32.3 Å². The van der Waals surface area contributed by atoms with Gasteiger partial charge in [-0.05, 0) is 18.8 Å². The SMILES string of the molecule is Cl.OC1(C2CC2)CNC1. The smallest absolute Gasteiger partial charge is 0.0923 e. The van der Waals surface area contributed by atoms with E-state index in [1.807, 2.05) is 0 Å². The predicted octanol–water partition coefficient (Wildman–Crippen LogP) is 0.152. The van der Waals surface area contributed by atoms with Crippen molar-refractivity contribution >= 4 is 12.4 Å². The molecular weight excluding hydrogens is 138 g/mol. The summed E-state index contributed by atoms with van der Waals surface area (Å²) in [6, 6.07) is 0. The van der Waals surface area contributed by atoms with Gasteiger partial charge in [-0.3, -0.25) is 0 Å². The summed E-state index contributed by atoms with van der Waals surface area (Å²) in [6.45, 7) is 1.66. The molecule has 9 heavy (non-hydrogen) atoms. The van der Waals surface area contributed by atoms with Crippen molar-refractivity contribution in [2.24, 2.45) is 5.92 Å². The zero-order valence-electron chi connectivity index (χ0n) is 5.26. The highest BCUT2D eigenvalue weighted by molar-refractivity contribution is 5.85. The fourth-order valence-corrected chi connectivity index (χ4v) is 1.29. The average Bonchev–Trinajstić information content (AvgIpc) is 2.38. The highest BCUT2D eigenvalue weighted by Crippen LogP contribution is 2.41. The fourth-order valence-electron chi connectivity index (χ4n) is 1.29. The second-order valence-corrected chi connectivity index (χ2v) is 2.98. The Morgan fingerprint density at radius 2 is 1.89 bits per heavy atom. The van der Waals surface area contributed by atoms with E-state index in [1.54, 1.807) is 0 Å². The van der Waals surface area contributed by atoms with Crippen molar-refractivity contribution in [1.29, 1.82) is 0 Å². The lowest BCUT2D eigenvalue weighted by atomic mass is 9.92. The number of β-amino-alcohol motifs (C(OH)–C–C–N with tert-alkyl or cyclic N) is 1. The number of aliphatic hydroxyl groups is 1. The Hall–Kier alpha value is 0.210. The molecule has 2 fully saturated rings. The average molecular weight is 150 g/mol. The van der Waals surface area contributed by atoms with Gasteiger partial charge in [-0.2, -0.15) is 0 Å². The van der Waals surface area contributed by atoms with Gasteiger partial charge < -0.3 is 10.4 Å². The molecular formula is C6H12ClNO. The van der Waals surface area contributed by atoms with E-state index < -0.39 is 0 Å². The molecule has 54 valence electrons. The minimum Gasteiger partial charge on any atom is -0.387 e. The van der Waals surface area contributed by atoms with Crippen LogP contribution in [0, 0.1) is 5.92 Å². The van der Waals surface area contributed by atoms with Gasteiger partial charge >= 0.3 is 0 Å². The van der Waals surface area contributed by atoms with Crippen molar-refractivity contribution in [3.05, 3.63) is 0 Å². The van der Waals surface area contributed by atoms with Crippen LogP contribution in [0.15, 0.2) is 0 Å². The van der Waals surface area contributed by atoms with E-state index in [2.05, 4.69) is 5.32 Å². The number of hydrogen-bond donors (Lipinski definition) is 2. The molecule has 0 bridgehead atoms. The molecule has 2 nitrogen and oxygen atoms in total. The van der Waals surface area contributed by atoms with Crippen LogP contribution in [0.25, 0.3) is 0 Å². The van der Waals surface area contributed by atoms with Gasteiger partial charge in [0.2, 0.25) is 0 Å². The van der Waals surface area contributed by atoms with Crippen LogP contribution in [-0.4, -0.2) is 23.8 Å². The van der Waals surface area contributed by atoms with Gasteiger partial charge in [0, 0.05) is 13.1 Å². The Bertz CT molecular complexity index is 110. The van der Waals surface area contributed by atoms with Crippen LogP contribution in [0.3, 0.4) is 0 Å². The van der Waals surface area contributed by atoms with Crippen LogP contribution in [0.4, 0.5) is 0 Å². The van der Waals surface area contributed by atoms with Gasteiger partial charge in [-0.1, -0.05) is 0 Å². The van der Waals surface area contributed by atoms with Crippen LogP contribution in [0.1, 0.15) is 12.8 Å². The molecule has 0 radical (unpaired) electrons. The van der Waals surface area contributed by atoms with Crippen molar-refractivity contribution in [3.8, 4) is 0 Å². The number of rotatable bonds is 1. The minimum absolute atomic E-state index is 0. The molecule has 1 saturated heterocycles. The van der Waals surface area contributed by atoms with Crippen molar-refractivity contribution in [3.63, 3.8) is 0 Å². The molecule has 0 unspecified atom stereocenters. The summed E-state index contributed by atoms with van der Waals surface area (Å²) in [5.74, 6) is 0.642. The lowest BCUT2D eigenvalue weighted by Gasteiger charge is -2.37. The maximum atomic E-state index is 9.49. The first-order valence-electron chi connectivity index (χ1n) is 3.24. The van der Waals surface area contributed by atoms with Crippen LogP contribution < -0.4 is 5.32 Å². The fraction of sp³-hybridized carbons (Fsp3) is 1.00. The number of hydrogen-bond acceptors (Lipinski definition) is 2. The summed E-state index contributed by atoms with van der Waals surface area (Å²) in [7, 11) is 0. The van der Waals surface area contributed by atoms with E-state index in [0.29, 0.717) is 5.92 Å². The zero-order valence-corrected chi connectivity index (χ0v) is 6.08. The monoisotopic (exact) mass is 149 g/mol. The van der Waals surface area contributed by atoms with Gasteiger partial charge in [0.05, 0.1) is 5.60 Å². The van der Waals surface area contributed by atoms with E-state index in [9.17, 15) is 5.11 Å². The quantitative estimate of drug-likeness (QED) is 0.557. The lowest BCUT2D eigenvalue weighted by molar-refractivity contribution is -0.0299. The third-order valence-electron chi connectivity index (χ3n) is 2.20. The largest absolute Gasteiger partial charge is 0.387 e. The molecule has 2 rings (SSSR count). The molecule has 0 aromatic carbocycles. The summed E-state index contributed by atoms with van der Waals surface area (Å²) in [4.78, 5) is 0. The highest BCUT2D eigenvalue weighted by atomic mass is 35.5. The van der Waals surface area contributed by atoms with Crippen LogP contribution in [-0.2, 0) is 0 Å². The van der Waals surface area contributed by atoms with Crippen molar-refractivity contribution < 1.29 is 5.11 Å². The maximum absolute atomic E-state index is 9.49. The standard InChI is InChI=1S/C6H11NO.ClH/c8-6(3-7-4-6)5-1-2-5;/h5,7-8H,1-4H2;1H. The molecule has 0 aromatic rings. The summed E-state index contributed by atoms with van der Waals surface area (Å²) >= 11 is 0. The van der Waals surface area contributed by atoms with Gasteiger partial charge in [0.15, 0.2) is 0 Å². The number of nitrogens with one attached hydrogen (secondary N) is 1. The Morgan fingerprint density at radius 3 is 2.00 bits per heavy atom. The Labute approximate surface area is 61.0 Å². The Kier molecular flexibility index (Phi) is 1.72. The molecule has 0 atom stereocenters. The normalized spacial score (nSPS) is 30.3. The maximum Gasteiger partial charge on any atom is 0.0923 e. The van der Waals surface area contributed by atoms with Crippen molar-refractivity contribution in [2.45, 2.75) is 18.4 Å². The molecule has 0 amide bonds. The van der Waals surface area contributed by atoms with Gasteiger partial charge in [-0.25, -0.2) is 0 Å². The predicted molar refractivity (Wildman–Crippen MR) is 37.8 cm³/mol. The summed E-state index contributed by atoms with van der Waals surface area (Å²) < 4.78 is 0. The third kappa shape index (κ3) is 1.07.